The molecule has 5 nitrogen and oxygen atoms in total. The number of amides is 2. The van der Waals surface area contributed by atoms with Crippen LogP contribution in [-0.4, -0.2) is 25.4 Å². The molecule has 0 aliphatic heterocycles. The smallest absolute Gasteiger partial charge is 0.251 e. The summed E-state index contributed by atoms with van der Waals surface area (Å²) in [5.74, 6) is -0.148. The number of anilines is 1. The summed E-state index contributed by atoms with van der Waals surface area (Å²) >= 11 is 0. The molecule has 1 aromatic carbocycles. The summed E-state index contributed by atoms with van der Waals surface area (Å²) in [6.45, 7) is 2.26. The molecule has 0 heterocycles. The van der Waals surface area contributed by atoms with Crippen molar-refractivity contribution in [2.45, 2.75) is 26.2 Å². The van der Waals surface area contributed by atoms with Crippen LogP contribution in [0.3, 0.4) is 0 Å². The quantitative estimate of drug-likeness (QED) is 0.777. The Morgan fingerprint density at radius 3 is 2.50 bits per heavy atom. The minimum Gasteiger partial charge on any atom is -0.355 e. The van der Waals surface area contributed by atoms with Gasteiger partial charge in [-0.25, -0.2) is 0 Å². The molecule has 0 bridgehead atoms. The van der Waals surface area contributed by atoms with Crippen LogP contribution in [0.25, 0.3) is 0 Å². The first-order chi connectivity index (χ1) is 9.52. The average molecular weight is 275 g/mol. The number of rotatable bonds is 4. The van der Waals surface area contributed by atoms with E-state index in [4.69, 9.17) is 5.73 Å². The van der Waals surface area contributed by atoms with E-state index in [-0.39, 0.29) is 11.8 Å². The number of aryl methyl sites for hydroxylation is 1. The van der Waals surface area contributed by atoms with E-state index in [2.05, 4.69) is 10.6 Å². The molecular formula is C15H21N3O2. The predicted molar refractivity (Wildman–Crippen MR) is 78.5 cm³/mol. The summed E-state index contributed by atoms with van der Waals surface area (Å²) in [5.41, 5.74) is 7.52. The number of hydrogen-bond acceptors (Lipinski definition) is 3. The zero-order valence-corrected chi connectivity index (χ0v) is 12.0. The number of hydrogen-bond donors (Lipinski definition) is 3. The third-order valence-electron chi connectivity index (χ3n) is 4.15. The van der Waals surface area contributed by atoms with Crippen LogP contribution in [0, 0.1) is 12.3 Å². The highest BCUT2D eigenvalue weighted by Crippen LogP contribution is 2.41. The van der Waals surface area contributed by atoms with Crippen LogP contribution in [0.15, 0.2) is 18.2 Å². The summed E-state index contributed by atoms with van der Waals surface area (Å²) in [6.07, 6.45) is 2.76. The lowest BCUT2D eigenvalue weighted by Crippen LogP contribution is -2.47. The third kappa shape index (κ3) is 2.54. The van der Waals surface area contributed by atoms with Crippen molar-refractivity contribution in [3.05, 3.63) is 29.3 Å². The molecule has 0 atom stereocenters. The SMILES string of the molecule is CNC(=O)c1ccc(NC(=O)C2(CN)CCC2)c(C)c1. The fourth-order valence-electron chi connectivity index (χ4n) is 2.47. The molecule has 1 fully saturated rings. The lowest BCUT2D eigenvalue weighted by atomic mass is 9.68. The summed E-state index contributed by atoms with van der Waals surface area (Å²) < 4.78 is 0. The number of nitrogens with one attached hydrogen (secondary N) is 2. The first-order valence-corrected chi connectivity index (χ1v) is 6.87. The zero-order valence-electron chi connectivity index (χ0n) is 12.0. The van der Waals surface area contributed by atoms with Gasteiger partial charge in [-0.2, -0.15) is 0 Å². The van der Waals surface area contributed by atoms with Gasteiger partial charge in [0.2, 0.25) is 5.91 Å². The van der Waals surface area contributed by atoms with E-state index in [0.717, 1.165) is 30.5 Å². The second-order valence-corrected chi connectivity index (χ2v) is 5.40. The second-order valence-electron chi connectivity index (χ2n) is 5.40. The number of nitrogens with two attached hydrogens (primary N) is 1. The van der Waals surface area contributed by atoms with Crippen LogP contribution in [0.2, 0.25) is 0 Å². The summed E-state index contributed by atoms with van der Waals surface area (Å²) in [4.78, 5) is 23.8. The molecule has 1 aliphatic rings. The molecule has 0 radical (unpaired) electrons. The van der Waals surface area contributed by atoms with Crippen LogP contribution in [0.1, 0.15) is 35.2 Å². The van der Waals surface area contributed by atoms with Crippen molar-refractivity contribution in [1.82, 2.24) is 5.32 Å². The highest BCUT2D eigenvalue weighted by Gasteiger charge is 2.42. The van der Waals surface area contributed by atoms with Crippen molar-refractivity contribution in [2.75, 3.05) is 18.9 Å². The fraction of sp³-hybridized carbons (Fsp3) is 0.467. The Balaban J connectivity index is 2.14. The van der Waals surface area contributed by atoms with Gasteiger partial charge in [0.25, 0.3) is 5.91 Å². The zero-order chi connectivity index (χ0) is 14.8. The molecule has 0 spiro atoms. The van der Waals surface area contributed by atoms with Crippen LogP contribution in [0.4, 0.5) is 5.69 Å². The van der Waals surface area contributed by atoms with Gasteiger partial charge in [0.1, 0.15) is 0 Å². The Hall–Kier alpha value is -1.88. The molecule has 0 unspecified atom stereocenters. The first kappa shape index (κ1) is 14.5. The number of carbonyl (C=O) groups excluding carboxylic acids is 2. The van der Waals surface area contributed by atoms with E-state index < -0.39 is 5.41 Å². The number of benzene rings is 1. The van der Waals surface area contributed by atoms with Crippen molar-refractivity contribution < 1.29 is 9.59 Å². The van der Waals surface area contributed by atoms with E-state index in [1.807, 2.05) is 6.92 Å². The predicted octanol–water partition coefficient (Wildman–Crippen LogP) is 1.42. The van der Waals surface area contributed by atoms with E-state index in [1.165, 1.54) is 0 Å². The molecule has 4 N–H and O–H groups in total. The van der Waals surface area contributed by atoms with E-state index in [9.17, 15) is 9.59 Å². The minimum absolute atomic E-state index is 0.0120. The maximum Gasteiger partial charge on any atom is 0.251 e. The highest BCUT2D eigenvalue weighted by molar-refractivity contribution is 5.98. The molecule has 1 aromatic rings. The van der Waals surface area contributed by atoms with Gasteiger partial charge in [-0.1, -0.05) is 6.42 Å². The Morgan fingerprint density at radius 1 is 1.35 bits per heavy atom. The second kappa shape index (κ2) is 5.63. The summed E-state index contributed by atoms with van der Waals surface area (Å²) in [5, 5.41) is 5.51. The molecule has 108 valence electrons. The van der Waals surface area contributed by atoms with E-state index in [1.54, 1.807) is 25.2 Å². The summed E-state index contributed by atoms with van der Waals surface area (Å²) in [6, 6.07) is 5.24. The minimum atomic E-state index is -0.397. The Kier molecular flexibility index (Phi) is 4.09. The first-order valence-electron chi connectivity index (χ1n) is 6.87. The van der Waals surface area contributed by atoms with Crippen LogP contribution in [0.5, 0.6) is 0 Å². The Labute approximate surface area is 118 Å². The van der Waals surface area contributed by atoms with Gasteiger partial charge in [0.15, 0.2) is 0 Å². The van der Waals surface area contributed by atoms with Gasteiger partial charge in [-0.15, -0.1) is 0 Å². The van der Waals surface area contributed by atoms with Gasteiger partial charge >= 0.3 is 0 Å². The van der Waals surface area contributed by atoms with Gasteiger partial charge in [0.05, 0.1) is 5.41 Å². The molecule has 2 rings (SSSR count). The van der Waals surface area contributed by atoms with E-state index in [0.29, 0.717) is 12.1 Å². The molecule has 1 aliphatic carbocycles. The molecule has 1 saturated carbocycles. The van der Waals surface area contributed by atoms with Gasteiger partial charge in [-0.3, -0.25) is 9.59 Å². The molecule has 0 saturated heterocycles. The number of carbonyl (C=O) groups is 2. The topological polar surface area (TPSA) is 84.2 Å². The lowest BCUT2D eigenvalue weighted by molar-refractivity contribution is -0.129. The summed E-state index contributed by atoms with van der Waals surface area (Å²) in [7, 11) is 1.59. The van der Waals surface area contributed by atoms with Crippen molar-refractivity contribution >= 4 is 17.5 Å². The van der Waals surface area contributed by atoms with Crippen LogP contribution in [-0.2, 0) is 4.79 Å². The normalized spacial score (nSPS) is 16.1. The lowest BCUT2D eigenvalue weighted by Gasteiger charge is -2.39. The van der Waals surface area contributed by atoms with Crippen molar-refractivity contribution in [2.24, 2.45) is 11.1 Å². The largest absolute Gasteiger partial charge is 0.355 e. The molecular weight excluding hydrogens is 254 g/mol. The van der Waals surface area contributed by atoms with Gasteiger partial charge in [-0.05, 0) is 43.5 Å². The maximum atomic E-state index is 12.3. The highest BCUT2D eigenvalue weighted by atomic mass is 16.2. The van der Waals surface area contributed by atoms with Crippen molar-refractivity contribution in [1.29, 1.82) is 0 Å². The molecule has 0 aromatic heterocycles. The van der Waals surface area contributed by atoms with E-state index >= 15 is 0 Å². The van der Waals surface area contributed by atoms with Gasteiger partial charge < -0.3 is 16.4 Å². The van der Waals surface area contributed by atoms with Crippen LogP contribution < -0.4 is 16.4 Å². The average Bonchev–Trinajstić information content (AvgIpc) is 2.39. The Bertz CT molecular complexity index is 530. The fourth-order valence-corrected chi connectivity index (χ4v) is 2.47. The van der Waals surface area contributed by atoms with Crippen molar-refractivity contribution in [3.63, 3.8) is 0 Å². The maximum absolute atomic E-state index is 12.3. The monoisotopic (exact) mass is 275 g/mol. The molecule has 5 heteroatoms. The molecule has 2 amide bonds. The van der Waals surface area contributed by atoms with Gasteiger partial charge in [0, 0.05) is 24.8 Å². The van der Waals surface area contributed by atoms with Crippen LogP contribution >= 0.6 is 0 Å². The van der Waals surface area contributed by atoms with Crippen molar-refractivity contribution in [3.8, 4) is 0 Å². The third-order valence-corrected chi connectivity index (χ3v) is 4.15. The molecule has 20 heavy (non-hydrogen) atoms. The Morgan fingerprint density at radius 2 is 2.05 bits per heavy atom. The standard InChI is InChI=1S/C15H21N3O2/c1-10-8-11(13(19)17-2)4-5-12(10)18-14(20)15(9-16)6-3-7-15/h4-5,8H,3,6-7,9,16H2,1-2H3,(H,17,19)(H,18,20).